The normalized spacial score (nSPS) is 10.5. The predicted molar refractivity (Wildman–Crippen MR) is 83.9 cm³/mol. The zero-order valence-electron chi connectivity index (χ0n) is 12.0. The number of benzene rings is 1. The lowest BCUT2D eigenvalue weighted by Gasteiger charge is -2.13. The zero-order chi connectivity index (χ0) is 15.2. The van der Waals surface area contributed by atoms with Crippen molar-refractivity contribution in [1.29, 1.82) is 0 Å². The second-order valence-corrected chi connectivity index (χ2v) is 5.29. The quantitative estimate of drug-likeness (QED) is 0.853. The number of nitrogens with zero attached hydrogens (tertiary/aromatic N) is 1. The molecular formula is C16H17ClN2O2. The van der Waals surface area contributed by atoms with Gasteiger partial charge in [0.1, 0.15) is 10.9 Å². The number of hydrogen-bond acceptors (Lipinski definition) is 3. The summed E-state index contributed by atoms with van der Waals surface area (Å²) in [6.07, 6.45) is 1.50. The Balaban J connectivity index is 1.94. The number of carbonyl (C=O) groups excluding carboxylic acids is 1. The average molecular weight is 305 g/mol. The third-order valence-corrected chi connectivity index (χ3v) is 3.13. The standard InChI is InChI=1S/C16H17ClN2O2/c1-11(2)13-5-3-4-6-14(13)21-10-16(20)19-12-7-8-15(17)18-9-12/h3-9,11H,10H2,1-2H3,(H,19,20). The molecule has 21 heavy (non-hydrogen) atoms. The van der Waals surface area contributed by atoms with E-state index in [1.807, 2.05) is 24.3 Å². The van der Waals surface area contributed by atoms with Crippen molar-refractivity contribution in [3.05, 3.63) is 53.3 Å². The summed E-state index contributed by atoms with van der Waals surface area (Å²) < 4.78 is 5.60. The van der Waals surface area contributed by atoms with Crippen molar-refractivity contribution in [2.75, 3.05) is 11.9 Å². The number of hydrogen-bond donors (Lipinski definition) is 1. The van der Waals surface area contributed by atoms with E-state index in [2.05, 4.69) is 24.1 Å². The largest absolute Gasteiger partial charge is 0.483 e. The lowest BCUT2D eigenvalue weighted by Crippen LogP contribution is -2.20. The minimum Gasteiger partial charge on any atom is -0.483 e. The van der Waals surface area contributed by atoms with Gasteiger partial charge >= 0.3 is 0 Å². The van der Waals surface area contributed by atoms with Gasteiger partial charge in [-0.3, -0.25) is 4.79 Å². The fourth-order valence-corrected chi connectivity index (χ4v) is 1.99. The van der Waals surface area contributed by atoms with Gasteiger partial charge in [0.15, 0.2) is 6.61 Å². The Morgan fingerprint density at radius 2 is 2.05 bits per heavy atom. The molecule has 1 aromatic carbocycles. The van der Waals surface area contributed by atoms with Crippen LogP contribution in [-0.4, -0.2) is 17.5 Å². The molecule has 5 heteroatoms. The highest BCUT2D eigenvalue weighted by Crippen LogP contribution is 2.25. The molecule has 0 aliphatic carbocycles. The van der Waals surface area contributed by atoms with Crippen molar-refractivity contribution >= 4 is 23.2 Å². The highest BCUT2D eigenvalue weighted by Gasteiger charge is 2.09. The van der Waals surface area contributed by atoms with Crippen LogP contribution in [0.4, 0.5) is 5.69 Å². The second kappa shape index (κ2) is 7.09. The lowest BCUT2D eigenvalue weighted by molar-refractivity contribution is -0.118. The molecule has 0 radical (unpaired) electrons. The van der Waals surface area contributed by atoms with Gasteiger partial charge in [0.05, 0.1) is 11.9 Å². The van der Waals surface area contributed by atoms with Crippen molar-refractivity contribution in [1.82, 2.24) is 4.98 Å². The highest BCUT2D eigenvalue weighted by atomic mass is 35.5. The van der Waals surface area contributed by atoms with Crippen LogP contribution in [-0.2, 0) is 4.79 Å². The lowest BCUT2D eigenvalue weighted by atomic mass is 10.0. The fourth-order valence-electron chi connectivity index (χ4n) is 1.88. The van der Waals surface area contributed by atoms with Crippen LogP contribution in [0.25, 0.3) is 0 Å². The summed E-state index contributed by atoms with van der Waals surface area (Å²) in [5.41, 5.74) is 1.67. The van der Waals surface area contributed by atoms with Gasteiger partial charge < -0.3 is 10.1 Å². The first-order chi connectivity index (χ1) is 10.1. The van der Waals surface area contributed by atoms with Gasteiger partial charge in [0.2, 0.25) is 0 Å². The predicted octanol–water partition coefficient (Wildman–Crippen LogP) is 3.88. The van der Waals surface area contributed by atoms with E-state index in [-0.39, 0.29) is 12.5 Å². The number of nitrogens with one attached hydrogen (secondary N) is 1. The Morgan fingerprint density at radius 3 is 2.71 bits per heavy atom. The first-order valence-corrected chi connectivity index (χ1v) is 7.07. The summed E-state index contributed by atoms with van der Waals surface area (Å²) in [4.78, 5) is 15.8. The maximum Gasteiger partial charge on any atom is 0.262 e. The number of carbonyl (C=O) groups is 1. The first-order valence-electron chi connectivity index (χ1n) is 6.69. The molecule has 1 heterocycles. The maximum atomic E-state index is 11.9. The van der Waals surface area contributed by atoms with E-state index in [1.54, 1.807) is 12.1 Å². The summed E-state index contributed by atoms with van der Waals surface area (Å²) in [6.45, 7) is 4.12. The monoisotopic (exact) mass is 304 g/mol. The SMILES string of the molecule is CC(C)c1ccccc1OCC(=O)Nc1ccc(Cl)nc1. The molecule has 1 amide bonds. The number of pyridine rings is 1. The van der Waals surface area contributed by atoms with E-state index in [9.17, 15) is 4.79 Å². The van der Waals surface area contributed by atoms with E-state index in [4.69, 9.17) is 16.3 Å². The third kappa shape index (κ3) is 4.46. The molecule has 0 bridgehead atoms. The topological polar surface area (TPSA) is 51.2 Å². The van der Waals surface area contributed by atoms with Crippen molar-refractivity contribution in [2.24, 2.45) is 0 Å². The van der Waals surface area contributed by atoms with Crippen molar-refractivity contribution < 1.29 is 9.53 Å². The number of rotatable bonds is 5. The van der Waals surface area contributed by atoms with Crippen LogP contribution < -0.4 is 10.1 Å². The number of halogens is 1. The van der Waals surface area contributed by atoms with Gasteiger partial charge in [-0.25, -0.2) is 4.98 Å². The molecule has 1 N–H and O–H groups in total. The molecule has 2 rings (SSSR count). The number of anilines is 1. The van der Waals surface area contributed by atoms with Crippen LogP contribution in [0.1, 0.15) is 25.3 Å². The Morgan fingerprint density at radius 1 is 1.29 bits per heavy atom. The molecule has 0 aliphatic rings. The summed E-state index contributed by atoms with van der Waals surface area (Å²) in [5.74, 6) is 0.833. The van der Waals surface area contributed by atoms with Crippen LogP contribution in [0.15, 0.2) is 42.6 Å². The van der Waals surface area contributed by atoms with E-state index < -0.39 is 0 Å². The molecule has 0 spiro atoms. The molecule has 0 fully saturated rings. The van der Waals surface area contributed by atoms with Crippen LogP contribution in [0.2, 0.25) is 5.15 Å². The van der Waals surface area contributed by atoms with Gasteiger partial charge in [0, 0.05) is 0 Å². The molecule has 4 nitrogen and oxygen atoms in total. The van der Waals surface area contributed by atoms with Gasteiger partial charge in [0.25, 0.3) is 5.91 Å². The van der Waals surface area contributed by atoms with E-state index in [1.165, 1.54) is 6.20 Å². The average Bonchev–Trinajstić information content (AvgIpc) is 2.48. The zero-order valence-corrected chi connectivity index (χ0v) is 12.7. The van der Waals surface area contributed by atoms with Crippen LogP contribution in [0.5, 0.6) is 5.75 Å². The summed E-state index contributed by atoms with van der Waals surface area (Å²) in [5, 5.41) is 3.09. The van der Waals surface area contributed by atoms with Crippen molar-refractivity contribution in [3.8, 4) is 5.75 Å². The number of para-hydroxylation sites is 1. The van der Waals surface area contributed by atoms with E-state index >= 15 is 0 Å². The van der Waals surface area contributed by atoms with Crippen LogP contribution in [0, 0.1) is 0 Å². The summed E-state index contributed by atoms with van der Waals surface area (Å²) >= 11 is 5.69. The molecular weight excluding hydrogens is 288 g/mol. The Bertz CT molecular complexity index is 612. The van der Waals surface area contributed by atoms with E-state index in [0.29, 0.717) is 16.8 Å². The summed E-state index contributed by atoms with van der Waals surface area (Å²) in [6, 6.07) is 11.0. The molecule has 0 atom stereocenters. The fraction of sp³-hybridized carbons (Fsp3) is 0.250. The van der Waals surface area contributed by atoms with Gasteiger partial charge in [-0.15, -0.1) is 0 Å². The molecule has 1 aromatic heterocycles. The Labute approximate surface area is 129 Å². The molecule has 2 aromatic rings. The third-order valence-electron chi connectivity index (χ3n) is 2.91. The minimum absolute atomic E-state index is 0.0492. The first kappa shape index (κ1) is 15.3. The maximum absolute atomic E-state index is 11.9. The summed E-state index contributed by atoms with van der Waals surface area (Å²) in [7, 11) is 0. The van der Waals surface area contributed by atoms with Gasteiger partial charge in [-0.1, -0.05) is 43.6 Å². The van der Waals surface area contributed by atoms with E-state index in [0.717, 1.165) is 11.3 Å². The number of ether oxygens (including phenoxy) is 1. The second-order valence-electron chi connectivity index (χ2n) is 4.90. The van der Waals surface area contributed by atoms with Crippen molar-refractivity contribution in [3.63, 3.8) is 0 Å². The minimum atomic E-state index is -0.238. The molecule has 0 aliphatic heterocycles. The molecule has 110 valence electrons. The number of amides is 1. The van der Waals surface area contributed by atoms with Gasteiger partial charge in [-0.05, 0) is 29.7 Å². The molecule has 0 unspecified atom stereocenters. The molecule has 0 saturated carbocycles. The number of aromatic nitrogens is 1. The molecule has 0 saturated heterocycles. The van der Waals surface area contributed by atoms with Crippen molar-refractivity contribution in [2.45, 2.75) is 19.8 Å². The Kier molecular flexibility index (Phi) is 5.17. The highest BCUT2D eigenvalue weighted by molar-refractivity contribution is 6.29. The Hall–Kier alpha value is -2.07. The van der Waals surface area contributed by atoms with Crippen LogP contribution in [0.3, 0.4) is 0 Å². The van der Waals surface area contributed by atoms with Crippen LogP contribution >= 0.6 is 11.6 Å². The van der Waals surface area contributed by atoms with Gasteiger partial charge in [-0.2, -0.15) is 0 Å². The smallest absolute Gasteiger partial charge is 0.262 e.